The van der Waals surface area contributed by atoms with Gasteiger partial charge in [0, 0.05) is 5.56 Å². The van der Waals surface area contributed by atoms with Gasteiger partial charge in [-0.15, -0.1) is 0 Å². The molecule has 0 aliphatic rings. The molecule has 3 rings (SSSR count). The number of carbonyl (C=O) groups excluding carboxylic acids is 2. The minimum Gasteiger partial charge on any atom is -0.312 e. The SMILES string of the molecule is CN(C)C.O=CC(=O)c1cc2ccccc2c2ccccc12. The minimum atomic E-state index is -0.475. The summed E-state index contributed by atoms with van der Waals surface area (Å²) < 4.78 is 0. The Labute approximate surface area is 130 Å². The van der Waals surface area contributed by atoms with E-state index in [0.29, 0.717) is 11.8 Å². The van der Waals surface area contributed by atoms with Crippen molar-refractivity contribution in [2.24, 2.45) is 0 Å². The van der Waals surface area contributed by atoms with Crippen LogP contribution < -0.4 is 0 Å². The minimum absolute atomic E-state index is 0.372. The van der Waals surface area contributed by atoms with Crippen LogP contribution in [-0.2, 0) is 4.79 Å². The Balaban J connectivity index is 0.000000396. The molecule has 0 aliphatic carbocycles. The normalized spacial score (nSPS) is 10.4. The molecule has 0 aromatic heterocycles. The fourth-order valence-corrected chi connectivity index (χ4v) is 2.32. The highest BCUT2D eigenvalue weighted by molar-refractivity contribution is 6.37. The van der Waals surface area contributed by atoms with E-state index in [1.54, 1.807) is 6.07 Å². The first-order chi connectivity index (χ1) is 10.5. The number of nitrogens with zero attached hydrogens (tertiary/aromatic N) is 1. The van der Waals surface area contributed by atoms with Crippen molar-refractivity contribution in [2.75, 3.05) is 21.1 Å². The van der Waals surface area contributed by atoms with E-state index in [1.165, 1.54) is 0 Å². The molecule has 0 saturated carbocycles. The quantitative estimate of drug-likeness (QED) is 0.314. The second-order valence-corrected chi connectivity index (χ2v) is 5.51. The van der Waals surface area contributed by atoms with Crippen molar-refractivity contribution in [1.82, 2.24) is 4.90 Å². The highest BCUT2D eigenvalue weighted by Gasteiger charge is 2.11. The van der Waals surface area contributed by atoms with E-state index in [-0.39, 0.29) is 0 Å². The lowest BCUT2D eigenvalue weighted by Gasteiger charge is -2.07. The van der Waals surface area contributed by atoms with E-state index in [9.17, 15) is 9.59 Å². The fraction of sp³-hybridized carbons (Fsp3) is 0.158. The molecule has 3 nitrogen and oxygen atoms in total. The Hall–Kier alpha value is -2.52. The number of ketones is 1. The summed E-state index contributed by atoms with van der Waals surface area (Å²) in [5, 5.41) is 3.89. The molecule has 0 atom stereocenters. The molecule has 0 amide bonds. The number of benzene rings is 3. The molecule has 0 aliphatic heterocycles. The number of hydrogen-bond donors (Lipinski definition) is 0. The maximum absolute atomic E-state index is 11.7. The third-order valence-electron chi connectivity index (χ3n) is 3.14. The second-order valence-electron chi connectivity index (χ2n) is 5.51. The lowest BCUT2D eigenvalue weighted by Crippen LogP contribution is -2.01. The zero-order valence-corrected chi connectivity index (χ0v) is 13.0. The van der Waals surface area contributed by atoms with Gasteiger partial charge in [0.05, 0.1) is 0 Å². The van der Waals surface area contributed by atoms with Gasteiger partial charge in [-0.05, 0) is 48.8 Å². The maximum atomic E-state index is 11.7. The highest BCUT2D eigenvalue weighted by Crippen LogP contribution is 2.28. The molecule has 3 aromatic carbocycles. The van der Waals surface area contributed by atoms with Crippen LogP contribution in [0.3, 0.4) is 0 Å². The number of Topliss-reactive ketones (excluding diaryl/α,β-unsaturated/α-hetero) is 1. The first kappa shape index (κ1) is 15.9. The van der Waals surface area contributed by atoms with Gasteiger partial charge in [-0.3, -0.25) is 9.59 Å². The molecule has 0 saturated heterocycles. The van der Waals surface area contributed by atoms with Crippen LogP contribution in [0.4, 0.5) is 0 Å². The van der Waals surface area contributed by atoms with Crippen LogP contribution in [0.5, 0.6) is 0 Å². The van der Waals surface area contributed by atoms with Crippen LogP contribution in [0, 0.1) is 0 Å². The molecule has 3 heteroatoms. The number of aldehydes is 1. The predicted molar refractivity (Wildman–Crippen MR) is 91.5 cm³/mol. The molecule has 3 aromatic rings. The summed E-state index contributed by atoms with van der Waals surface area (Å²) in [5.74, 6) is -0.475. The number of carbonyl (C=O) groups is 2. The second kappa shape index (κ2) is 6.96. The standard InChI is InChI=1S/C16H10O2.C3H9N/c17-10-16(18)15-9-11-5-1-2-6-12(11)13-7-3-4-8-14(13)15;1-4(2)3/h1-10H;1-3H3. The van der Waals surface area contributed by atoms with Crippen molar-refractivity contribution in [3.63, 3.8) is 0 Å². The monoisotopic (exact) mass is 293 g/mol. The van der Waals surface area contributed by atoms with Crippen LogP contribution in [0.15, 0.2) is 54.6 Å². The Morgan fingerprint density at radius 2 is 1.36 bits per heavy atom. The summed E-state index contributed by atoms with van der Waals surface area (Å²) in [6.07, 6.45) is 0.372. The summed E-state index contributed by atoms with van der Waals surface area (Å²) in [5.41, 5.74) is 0.472. The number of rotatable bonds is 2. The first-order valence-corrected chi connectivity index (χ1v) is 7.05. The molecular weight excluding hydrogens is 274 g/mol. The molecule has 0 radical (unpaired) electrons. The topological polar surface area (TPSA) is 37.4 Å². The van der Waals surface area contributed by atoms with E-state index in [2.05, 4.69) is 0 Å². The Kier molecular flexibility index (Phi) is 5.02. The van der Waals surface area contributed by atoms with Gasteiger partial charge in [-0.25, -0.2) is 0 Å². The Bertz CT molecular complexity index is 819. The van der Waals surface area contributed by atoms with Gasteiger partial charge in [0.2, 0.25) is 5.78 Å². The van der Waals surface area contributed by atoms with Gasteiger partial charge in [-0.2, -0.15) is 0 Å². The van der Waals surface area contributed by atoms with Gasteiger partial charge < -0.3 is 4.90 Å². The third kappa shape index (κ3) is 3.38. The van der Waals surface area contributed by atoms with Gasteiger partial charge in [0.15, 0.2) is 6.29 Å². The zero-order valence-electron chi connectivity index (χ0n) is 13.0. The fourth-order valence-electron chi connectivity index (χ4n) is 2.32. The van der Waals surface area contributed by atoms with Crippen molar-refractivity contribution in [3.8, 4) is 0 Å². The van der Waals surface area contributed by atoms with Crippen molar-refractivity contribution in [1.29, 1.82) is 0 Å². The van der Waals surface area contributed by atoms with E-state index < -0.39 is 5.78 Å². The van der Waals surface area contributed by atoms with Crippen LogP contribution in [0.25, 0.3) is 21.5 Å². The van der Waals surface area contributed by atoms with Gasteiger partial charge in [0.1, 0.15) is 0 Å². The summed E-state index contributed by atoms with van der Waals surface area (Å²) in [6, 6.07) is 17.3. The van der Waals surface area contributed by atoms with E-state index in [4.69, 9.17) is 0 Å². The van der Waals surface area contributed by atoms with Crippen LogP contribution >= 0.6 is 0 Å². The average molecular weight is 293 g/mol. The van der Waals surface area contributed by atoms with Gasteiger partial charge >= 0.3 is 0 Å². The van der Waals surface area contributed by atoms with E-state index >= 15 is 0 Å². The molecular formula is C19H19NO2. The van der Waals surface area contributed by atoms with Crippen molar-refractivity contribution in [2.45, 2.75) is 0 Å². The molecule has 0 heterocycles. The summed E-state index contributed by atoms with van der Waals surface area (Å²) in [6.45, 7) is 0. The van der Waals surface area contributed by atoms with Crippen LogP contribution in [0.2, 0.25) is 0 Å². The first-order valence-electron chi connectivity index (χ1n) is 7.05. The molecule has 0 spiro atoms. The molecule has 0 N–H and O–H groups in total. The molecule has 0 bridgehead atoms. The lowest BCUT2D eigenvalue weighted by atomic mass is 9.95. The van der Waals surface area contributed by atoms with Gasteiger partial charge in [0.25, 0.3) is 0 Å². The maximum Gasteiger partial charge on any atom is 0.226 e. The average Bonchev–Trinajstić information content (AvgIpc) is 2.53. The molecule has 0 fully saturated rings. The summed E-state index contributed by atoms with van der Waals surface area (Å²) >= 11 is 0. The largest absolute Gasteiger partial charge is 0.312 e. The van der Waals surface area contributed by atoms with Crippen molar-refractivity contribution in [3.05, 3.63) is 60.2 Å². The number of hydrogen-bond acceptors (Lipinski definition) is 3. The van der Waals surface area contributed by atoms with Crippen LogP contribution in [0.1, 0.15) is 10.4 Å². The van der Waals surface area contributed by atoms with Crippen molar-refractivity contribution < 1.29 is 9.59 Å². The van der Waals surface area contributed by atoms with Gasteiger partial charge in [-0.1, -0.05) is 48.5 Å². The van der Waals surface area contributed by atoms with E-state index in [1.807, 2.05) is 74.6 Å². The molecule has 22 heavy (non-hydrogen) atoms. The van der Waals surface area contributed by atoms with E-state index in [0.717, 1.165) is 21.5 Å². The number of fused-ring (bicyclic) bond motifs is 3. The molecule has 112 valence electrons. The van der Waals surface area contributed by atoms with Crippen molar-refractivity contribution >= 4 is 33.6 Å². The smallest absolute Gasteiger partial charge is 0.226 e. The lowest BCUT2D eigenvalue weighted by molar-refractivity contribution is -0.104. The zero-order chi connectivity index (χ0) is 16.1. The Morgan fingerprint density at radius 1 is 0.864 bits per heavy atom. The predicted octanol–water partition coefficient (Wildman–Crippen LogP) is 3.55. The summed E-state index contributed by atoms with van der Waals surface area (Å²) in [7, 11) is 6.00. The summed E-state index contributed by atoms with van der Waals surface area (Å²) in [4.78, 5) is 24.4. The molecule has 0 unspecified atom stereocenters. The van der Waals surface area contributed by atoms with Crippen LogP contribution in [-0.4, -0.2) is 38.1 Å². The highest BCUT2D eigenvalue weighted by atomic mass is 16.2. The third-order valence-corrected chi connectivity index (χ3v) is 3.14. The Morgan fingerprint density at radius 3 is 1.95 bits per heavy atom.